The Bertz CT molecular complexity index is 1600. The van der Waals surface area contributed by atoms with E-state index in [0.29, 0.717) is 27.4 Å². The molecule has 0 saturated carbocycles. The summed E-state index contributed by atoms with van der Waals surface area (Å²) in [5, 5.41) is 4.28. The minimum absolute atomic E-state index is 0.255. The van der Waals surface area contributed by atoms with Crippen molar-refractivity contribution in [1.82, 2.24) is 4.98 Å². The molecule has 3 aromatic carbocycles. The number of hydrogen-bond donors (Lipinski definition) is 1. The Labute approximate surface area is 204 Å². The van der Waals surface area contributed by atoms with Crippen LogP contribution >= 0.6 is 11.3 Å². The summed E-state index contributed by atoms with van der Waals surface area (Å²) in [4.78, 5) is 32.1. The van der Waals surface area contributed by atoms with E-state index in [0.717, 1.165) is 47.6 Å². The lowest BCUT2D eigenvalue weighted by molar-refractivity contribution is 0.102. The predicted molar refractivity (Wildman–Crippen MR) is 139 cm³/mol. The molecule has 0 spiro atoms. The first-order valence-corrected chi connectivity index (χ1v) is 12.1. The van der Waals surface area contributed by atoms with Gasteiger partial charge in [0.15, 0.2) is 5.13 Å². The topological polar surface area (TPSA) is 84.7 Å². The van der Waals surface area contributed by atoms with E-state index in [9.17, 15) is 9.59 Å². The summed E-state index contributed by atoms with van der Waals surface area (Å²) in [6.07, 6.45) is 0. The molecule has 7 nitrogen and oxygen atoms in total. The van der Waals surface area contributed by atoms with E-state index < -0.39 is 5.63 Å². The predicted octanol–water partition coefficient (Wildman–Crippen LogP) is 5.16. The van der Waals surface area contributed by atoms with Crippen molar-refractivity contribution in [3.8, 4) is 11.1 Å². The van der Waals surface area contributed by atoms with Crippen LogP contribution in [-0.4, -0.2) is 37.2 Å². The van der Waals surface area contributed by atoms with Crippen molar-refractivity contribution in [1.29, 1.82) is 0 Å². The zero-order chi connectivity index (χ0) is 23.8. The molecule has 5 aromatic rings. The van der Waals surface area contributed by atoms with Crippen molar-refractivity contribution >= 4 is 49.2 Å². The molecule has 3 heterocycles. The van der Waals surface area contributed by atoms with Crippen LogP contribution < -0.4 is 15.8 Å². The summed E-state index contributed by atoms with van der Waals surface area (Å²) in [6, 6.07) is 22.2. The molecule has 0 radical (unpaired) electrons. The number of fused-ring (bicyclic) bond motifs is 2. The smallest absolute Gasteiger partial charge is 0.344 e. The maximum Gasteiger partial charge on any atom is 0.344 e. The lowest BCUT2D eigenvalue weighted by Crippen LogP contribution is -2.36. The number of benzene rings is 3. The van der Waals surface area contributed by atoms with Crippen LogP contribution in [0.1, 0.15) is 10.4 Å². The van der Waals surface area contributed by atoms with Crippen LogP contribution in [-0.2, 0) is 4.74 Å². The van der Waals surface area contributed by atoms with E-state index in [1.807, 2.05) is 30.3 Å². The van der Waals surface area contributed by atoms with Gasteiger partial charge in [0, 0.05) is 29.7 Å². The third kappa shape index (κ3) is 4.29. The van der Waals surface area contributed by atoms with Gasteiger partial charge >= 0.3 is 5.63 Å². The fraction of sp³-hybridized carbons (Fsp3) is 0.148. The van der Waals surface area contributed by atoms with Crippen LogP contribution in [0.5, 0.6) is 0 Å². The quantitative estimate of drug-likeness (QED) is 0.356. The maximum atomic E-state index is 12.8. The summed E-state index contributed by atoms with van der Waals surface area (Å²) >= 11 is 1.45. The normalized spacial score (nSPS) is 13.9. The molecule has 0 unspecified atom stereocenters. The van der Waals surface area contributed by atoms with Crippen molar-refractivity contribution in [2.24, 2.45) is 0 Å². The number of morpholine rings is 1. The van der Waals surface area contributed by atoms with E-state index >= 15 is 0 Å². The molecule has 0 bridgehead atoms. The Morgan fingerprint density at radius 1 is 0.971 bits per heavy atom. The zero-order valence-corrected chi connectivity index (χ0v) is 19.5. The summed E-state index contributed by atoms with van der Waals surface area (Å²) in [6.45, 7) is 3.19. The molecule has 35 heavy (non-hydrogen) atoms. The Hall–Kier alpha value is -4.01. The van der Waals surface area contributed by atoms with Crippen LogP contribution in [0.2, 0.25) is 0 Å². The molecule has 1 aliphatic rings. The van der Waals surface area contributed by atoms with Crippen LogP contribution in [0, 0.1) is 0 Å². The third-order valence-corrected chi connectivity index (χ3v) is 7.00. The molecule has 174 valence electrons. The number of nitrogens with zero attached hydrogens (tertiary/aromatic N) is 2. The number of carbonyl (C=O) groups is 1. The second-order valence-electron chi connectivity index (χ2n) is 8.29. The first kappa shape index (κ1) is 21.5. The van der Waals surface area contributed by atoms with E-state index in [4.69, 9.17) is 9.15 Å². The van der Waals surface area contributed by atoms with E-state index in [-0.39, 0.29) is 5.91 Å². The van der Waals surface area contributed by atoms with Gasteiger partial charge in [-0.1, -0.05) is 41.7 Å². The number of rotatable bonds is 4. The number of thiazole rings is 1. The Morgan fingerprint density at radius 2 is 1.77 bits per heavy atom. The number of ether oxygens (including phenoxy) is 1. The van der Waals surface area contributed by atoms with Gasteiger partial charge in [0.05, 0.1) is 29.0 Å². The SMILES string of the molecule is O=C(Nc1nc2ccc(N3CCOCC3)cc2s1)c1ccc(-c2cc3ccccc3oc2=O)cc1. The minimum Gasteiger partial charge on any atom is -0.422 e. The molecular weight excluding hydrogens is 462 g/mol. The highest BCUT2D eigenvalue weighted by Crippen LogP contribution is 2.30. The van der Waals surface area contributed by atoms with E-state index in [1.54, 1.807) is 30.3 Å². The zero-order valence-electron chi connectivity index (χ0n) is 18.7. The van der Waals surface area contributed by atoms with E-state index in [1.165, 1.54) is 11.3 Å². The van der Waals surface area contributed by atoms with Crippen molar-refractivity contribution in [3.05, 3.63) is 88.8 Å². The highest BCUT2D eigenvalue weighted by atomic mass is 32.1. The molecule has 2 aromatic heterocycles. The molecule has 1 amide bonds. The largest absolute Gasteiger partial charge is 0.422 e. The van der Waals surface area contributed by atoms with Gasteiger partial charge < -0.3 is 14.1 Å². The van der Waals surface area contributed by atoms with E-state index in [2.05, 4.69) is 27.3 Å². The van der Waals surface area contributed by atoms with Crippen molar-refractivity contribution in [2.45, 2.75) is 0 Å². The first-order valence-electron chi connectivity index (χ1n) is 11.3. The lowest BCUT2D eigenvalue weighted by Gasteiger charge is -2.28. The molecule has 1 aliphatic heterocycles. The van der Waals surface area contributed by atoms with Crippen molar-refractivity contribution in [3.63, 3.8) is 0 Å². The van der Waals surface area contributed by atoms with Gasteiger partial charge in [-0.15, -0.1) is 0 Å². The van der Waals surface area contributed by atoms with Crippen LogP contribution in [0.15, 0.2) is 82.0 Å². The van der Waals surface area contributed by atoms with Gasteiger partial charge in [0.1, 0.15) is 5.58 Å². The summed E-state index contributed by atoms with van der Waals surface area (Å²) in [7, 11) is 0. The van der Waals surface area contributed by atoms with Crippen LogP contribution in [0.25, 0.3) is 32.3 Å². The fourth-order valence-electron chi connectivity index (χ4n) is 4.22. The molecule has 1 saturated heterocycles. The Morgan fingerprint density at radius 3 is 2.60 bits per heavy atom. The highest BCUT2D eigenvalue weighted by molar-refractivity contribution is 7.22. The monoisotopic (exact) mass is 483 g/mol. The summed E-state index contributed by atoms with van der Waals surface area (Å²) in [5.41, 5.74) is 3.75. The molecule has 0 aliphatic carbocycles. The Balaban J connectivity index is 1.20. The number of hydrogen-bond acceptors (Lipinski definition) is 7. The average Bonchev–Trinajstić information content (AvgIpc) is 3.30. The molecule has 6 rings (SSSR count). The lowest BCUT2D eigenvalue weighted by atomic mass is 10.0. The summed E-state index contributed by atoms with van der Waals surface area (Å²) < 4.78 is 11.9. The standard InChI is InChI=1S/C27H21N3O4S/c31-25(29-27-28-22-10-9-20(16-24(22)35-27)30-11-13-33-14-12-30)18-7-5-17(6-8-18)21-15-19-3-1-2-4-23(19)34-26(21)32/h1-10,15-16H,11-14H2,(H,28,29,31). The second kappa shape index (κ2) is 8.98. The average molecular weight is 484 g/mol. The third-order valence-electron chi connectivity index (χ3n) is 6.07. The maximum absolute atomic E-state index is 12.8. The number of nitrogens with one attached hydrogen (secondary N) is 1. The van der Waals surface area contributed by atoms with Gasteiger partial charge in [-0.2, -0.15) is 0 Å². The number of para-hydroxylation sites is 1. The van der Waals surface area contributed by atoms with Gasteiger partial charge in [-0.05, 0) is 48.0 Å². The van der Waals surface area contributed by atoms with Crippen molar-refractivity contribution in [2.75, 3.05) is 36.5 Å². The van der Waals surface area contributed by atoms with Crippen LogP contribution in [0.4, 0.5) is 10.8 Å². The number of aromatic nitrogens is 1. The summed E-state index contributed by atoms with van der Waals surface area (Å²) in [5.74, 6) is -0.255. The first-order chi connectivity index (χ1) is 17.1. The molecule has 1 N–H and O–H groups in total. The van der Waals surface area contributed by atoms with Crippen LogP contribution in [0.3, 0.4) is 0 Å². The highest BCUT2D eigenvalue weighted by Gasteiger charge is 2.15. The van der Waals surface area contributed by atoms with Gasteiger partial charge in [-0.3, -0.25) is 10.1 Å². The molecular formula is C27H21N3O4S. The van der Waals surface area contributed by atoms with Crippen molar-refractivity contribution < 1.29 is 13.9 Å². The van der Waals surface area contributed by atoms with Gasteiger partial charge in [0.2, 0.25) is 0 Å². The second-order valence-corrected chi connectivity index (χ2v) is 9.32. The fourth-order valence-corrected chi connectivity index (χ4v) is 5.11. The van der Waals surface area contributed by atoms with Gasteiger partial charge in [-0.25, -0.2) is 9.78 Å². The Kier molecular flexibility index (Phi) is 5.52. The molecule has 1 fully saturated rings. The molecule has 8 heteroatoms. The number of carbonyl (C=O) groups excluding carboxylic acids is 1. The minimum atomic E-state index is -0.410. The molecule has 0 atom stereocenters. The van der Waals surface area contributed by atoms with Gasteiger partial charge in [0.25, 0.3) is 5.91 Å². The number of amides is 1. The number of anilines is 2.